The summed E-state index contributed by atoms with van der Waals surface area (Å²) in [6.07, 6.45) is 0. The van der Waals surface area contributed by atoms with Crippen LogP contribution in [0, 0.1) is 6.92 Å². The van der Waals surface area contributed by atoms with Crippen molar-refractivity contribution < 1.29 is 4.74 Å². The van der Waals surface area contributed by atoms with Gasteiger partial charge in [0, 0.05) is 5.56 Å². The molecule has 3 rings (SSSR count). The van der Waals surface area contributed by atoms with E-state index in [4.69, 9.17) is 10.5 Å². The van der Waals surface area contributed by atoms with Gasteiger partial charge in [-0.25, -0.2) is 4.98 Å². The van der Waals surface area contributed by atoms with E-state index in [-0.39, 0.29) is 0 Å². The number of nitrogens with two attached hydrogens (primary N) is 1. The average Bonchev–Trinajstić information content (AvgIpc) is 3.05. The van der Waals surface area contributed by atoms with Gasteiger partial charge in [0.25, 0.3) is 0 Å². The molecule has 1 aromatic carbocycles. The molecule has 3 aromatic rings. The number of nitrogens with zero attached hydrogens (tertiary/aromatic N) is 3. The Morgan fingerprint density at radius 1 is 1.15 bits per heavy atom. The van der Waals surface area contributed by atoms with E-state index in [1.165, 1.54) is 11.3 Å². The Balaban J connectivity index is 2.03. The molecular weight excluding hydrogens is 292 g/mol. The molecular formula is C13H12N4OS2. The third-order valence-corrected chi connectivity index (χ3v) is 4.86. The monoisotopic (exact) mass is 304 g/mol. The van der Waals surface area contributed by atoms with Crippen LogP contribution in [0.15, 0.2) is 24.3 Å². The number of ether oxygens (including phenoxy) is 1. The van der Waals surface area contributed by atoms with Crippen LogP contribution in [-0.2, 0) is 0 Å². The Kier molecular flexibility index (Phi) is 3.37. The first-order chi connectivity index (χ1) is 9.67. The number of nitrogen functional groups attached to an aromatic ring is 1. The van der Waals surface area contributed by atoms with E-state index < -0.39 is 0 Å². The molecule has 0 aliphatic heterocycles. The van der Waals surface area contributed by atoms with E-state index in [9.17, 15) is 0 Å². The summed E-state index contributed by atoms with van der Waals surface area (Å²) in [5.74, 6) is 0.817. The van der Waals surface area contributed by atoms with Crippen molar-refractivity contribution in [1.82, 2.24) is 15.2 Å². The number of aryl methyl sites for hydroxylation is 1. The van der Waals surface area contributed by atoms with Crippen molar-refractivity contribution in [3.8, 4) is 26.2 Å². The predicted octanol–water partition coefficient (Wildman–Crippen LogP) is 3.23. The highest BCUT2D eigenvalue weighted by Gasteiger charge is 2.15. The maximum Gasteiger partial charge on any atom is 0.203 e. The summed E-state index contributed by atoms with van der Waals surface area (Å²) in [4.78, 5) is 5.61. The molecule has 2 aromatic heterocycles. The fraction of sp³-hybridized carbons (Fsp3) is 0.154. The van der Waals surface area contributed by atoms with E-state index in [2.05, 4.69) is 15.2 Å². The van der Waals surface area contributed by atoms with Crippen LogP contribution in [0.4, 0.5) is 5.13 Å². The molecule has 0 spiro atoms. The summed E-state index contributed by atoms with van der Waals surface area (Å²) in [6.45, 7) is 1.97. The van der Waals surface area contributed by atoms with Crippen molar-refractivity contribution in [1.29, 1.82) is 0 Å². The summed E-state index contributed by atoms with van der Waals surface area (Å²) in [7, 11) is 1.65. The van der Waals surface area contributed by atoms with E-state index >= 15 is 0 Å². The highest BCUT2D eigenvalue weighted by atomic mass is 32.1. The molecule has 0 bridgehead atoms. The van der Waals surface area contributed by atoms with Crippen LogP contribution in [-0.4, -0.2) is 22.3 Å². The largest absolute Gasteiger partial charge is 0.497 e. The molecule has 20 heavy (non-hydrogen) atoms. The lowest BCUT2D eigenvalue weighted by atomic mass is 10.2. The Bertz CT molecular complexity index is 750. The quantitative estimate of drug-likeness (QED) is 0.804. The maximum atomic E-state index is 5.63. The molecule has 2 heterocycles. The van der Waals surface area contributed by atoms with Gasteiger partial charge in [-0.05, 0) is 19.1 Å². The van der Waals surface area contributed by atoms with Gasteiger partial charge in [-0.1, -0.05) is 23.5 Å². The molecule has 0 aliphatic carbocycles. The van der Waals surface area contributed by atoms with Crippen LogP contribution >= 0.6 is 22.7 Å². The summed E-state index contributed by atoms with van der Waals surface area (Å²) >= 11 is 2.96. The molecule has 0 saturated heterocycles. The first-order valence-corrected chi connectivity index (χ1v) is 7.52. The second-order valence-electron chi connectivity index (χ2n) is 4.11. The highest BCUT2D eigenvalue weighted by molar-refractivity contribution is 7.24. The standard InChI is InChI=1S/C13H12N4OS2/c1-7-10(12-16-17-13(14)20-12)19-11(15-7)8-4-3-5-9(6-8)18-2/h3-6H,1-2H3,(H2,14,17). The Morgan fingerprint density at radius 3 is 2.70 bits per heavy atom. The molecule has 0 amide bonds. The Morgan fingerprint density at radius 2 is 2.00 bits per heavy atom. The van der Waals surface area contributed by atoms with Crippen LogP contribution in [0.1, 0.15) is 5.69 Å². The Labute approximate surface area is 124 Å². The second-order valence-corrected chi connectivity index (χ2v) is 6.12. The van der Waals surface area contributed by atoms with Crippen LogP contribution in [0.25, 0.3) is 20.5 Å². The molecule has 0 fully saturated rings. The zero-order valence-corrected chi connectivity index (χ0v) is 12.6. The molecule has 0 atom stereocenters. The maximum absolute atomic E-state index is 5.63. The lowest BCUT2D eigenvalue weighted by Crippen LogP contribution is -1.83. The summed E-state index contributed by atoms with van der Waals surface area (Å²) in [6, 6.07) is 7.85. The molecule has 2 N–H and O–H groups in total. The molecule has 0 radical (unpaired) electrons. The number of rotatable bonds is 3. The van der Waals surface area contributed by atoms with Gasteiger partial charge < -0.3 is 10.5 Å². The van der Waals surface area contributed by atoms with E-state index in [0.717, 1.165) is 31.9 Å². The summed E-state index contributed by atoms with van der Waals surface area (Å²) in [5, 5.41) is 10.1. The molecule has 0 saturated carbocycles. The Hall–Kier alpha value is -1.99. The molecule has 102 valence electrons. The summed E-state index contributed by atoms with van der Waals surface area (Å²) < 4.78 is 5.24. The van der Waals surface area contributed by atoms with Crippen LogP contribution in [0.5, 0.6) is 5.75 Å². The first-order valence-electron chi connectivity index (χ1n) is 5.88. The number of anilines is 1. The van der Waals surface area contributed by atoms with Gasteiger partial charge in [0.2, 0.25) is 5.13 Å². The highest BCUT2D eigenvalue weighted by Crippen LogP contribution is 2.37. The number of thiazole rings is 1. The number of hydrogen-bond acceptors (Lipinski definition) is 7. The minimum Gasteiger partial charge on any atom is -0.497 e. The van der Waals surface area contributed by atoms with Gasteiger partial charge in [-0.2, -0.15) is 0 Å². The van der Waals surface area contributed by atoms with Crippen molar-refractivity contribution in [3.05, 3.63) is 30.0 Å². The predicted molar refractivity (Wildman–Crippen MR) is 82.2 cm³/mol. The number of aromatic nitrogens is 3. The molecule has 5 nitrogen and oxygen atoms in total. The van der Waals surface area contributed by atoms with Gasteiger partial charge in [0.1, 0.15) is 10.8 Å². The third-order valence-electron chi connectivity index (χ3n) is 2.75. The second kappa shape index (κ2) is 5.18. The molecule has 0 aliphatic rings. The van der Waals surface area contributed by atoms with Gasteiger partial charge in [-0.15, -0.1) is 21.5 Å². The lowest BCUT2D eigenvalue weighted by molar-refractivity contribution is 0.415. The fourth-order valence-electron chi connectivity index (χ4n) is 1.80. The topological polar surface area (TPSA) is 73.9 Å². The normalized spacial score (nSPS) is 10.7. The van der Waals surface area contributed by atoms with Crippen LogP contribution in [0.3, 0.4) is 0 Å². The molecule has 7 heteroatoms. The SMILES string of the molecule is COc1cccc(-c2nc(C)c(-c3nnc(N)s3)s2)c1. The third kappa shape index (κ3) is 2.37. The van der Waals surface area contributed by atoms with Gasteiger partial charge in [0.15, 0.2) is 5.01 Å². The van der Waals surface area contributed by atoms with E-state index in [1.807, 2.05) is 31.2 Å². The van der Waals surface area contributed by atoms with Crippen molar-refractivity contribution in [2.75, 3.05) is 12.8 Å². The van der Waals surface area contributed by atoms with E-state index in [0.29, 0.717) is 5.13 Å². The van der Waals surface area contributed by atoms with Crippen molar-refractivity contribution in [2.24, 2.45) is 0 Å². The van der Waals surface area contributed by atoms with Crippen molar-refractivity contribution in [3.63, 3.8) is 0 Å². The van der Waals surface area contributed by atoms with Crippen LogP contribution in [0.2, 0.25) is 0 Å². The fourth-order valence-corrected chi connectivity index (χ4v) is 3.59. The smallest absolute Gasteiger partial charge is 0.203 e. The number of benzene rings is 1. The minimum atomic E-state index is 0.468. The number of methoxy groups -OCH3 is 1. The number of hydrogen-bond donors (Lipinski definition) is 1. The lowest BCUT2D eigenvalue weighted by Gasteiger charge is -2.00. The zero-order valence-electron chi connectivity index (χ0n) is 11.0. The summed E-state index contributed by atoms with van der Waals surface area (Å²) in [5.41, 5.74) is 7.60. The minimum absolute atomic E-state index is 0.468. The van der Waals surface area contributed by atoms with Crippen molar-refractivity contribution in [2.45, 2.75) is 6.92 Å². The van der Waals surface area contributed by atoms with Crippen LogP contribution < -0.4 is 10.5 Å². The van der Waals surface area contributed by atoms with Gasteiger partial charge in [-0.3, -0.25) is 0 Å². The van der Waals surface area contributed by atoms with Crippen molar-refractivity contribution >= 4 is 27.8 Å². The van der Waals surface area contributed by atoms with Gasteiger partial charge >= 0.3 is 0 Å². The molecule has 0 unspecified atom stereocenters. The average molecular weight is 304 g/mol. The zero-order chi connectivity index (χ0) is 14.1. The first kappa shape index (κ1) is 13.0. The van der Waals surface area contributed by atoms with E-state index in [1.54, 1.807) is 18.4 Å². The van der Waals surface area contributed by atoms with Gasteiger partial charge in [0.05, 0.1) is 17.7 Å².